The van der Waals surface area contributed by atoms with Crippen LogP contribution < -0.4 is 10.6 Å². The molecule has 1 saturated heterocycles. The number of piperidine rings is 1. The van der Waals surface area contributed by atoms with Crippen LogP contribution >= 0.6 is 0 Å². The lowest BCUT2D eigenvalue weighted by Gasteiger charge is -2.26. The Labute approximate surface area is 139 Å². The molecule has 5 nitrogen and oxygen atoms in total. The molecule has 1 heterocycles. The van der Waals surface area contributed by atoms with Gasteiger partial charge in [-0.25, -0.2) is 4.79 Å². The molecule has 3 N–H and O–H groups in total. The maximum Gasteiger partial charge on any atom is 0.315 e. The summed E-state index contributed by atoms with van der Waals surface area (Å²) in [5.74, 6) is 0. The van der Waals surface area contributed by atoms with E-state index in [-0.39, 0.29) is 18.7 Å². The van der Waals surface area contributed by atoms with Crippen molar-refractivity contribution in [2.24, 2.45) is 0 Å². The number of aliphatic hydroxyl groups excluding tert-OH is 1. The summed E-state index contributed by atoms with van der Waals surface area (Å²) in [5, 5.41) is 15.0. The van der Waals surface area contributed by atoms with Gasteiger partial charge in [0.05, 0.1) is 6.04 Å². The summed E-state index contributed by atoms with van der Waals surface area (Å²) in [6.07, 6.45) is 5.27. The predicted octanol–water partition coefficient (Wildman–Crippen LogP) is 2.29. The van der Waals surface area contributed by atoms with Crippen molar-refractivity contribution in [3.8, 4) is 0 Å². The van der Waals surface area contributed by atoms with E-state index in [1.165, 1.54) is 19.3 Å². The number of amides is 2. The molecule has 0 aromatic heterocycles. The van der Waals surface area contributed by atoms with E-state index in [4.69, 9.17) is 5.11 Å². The summed E-state index contributed by atoms with van der Waals surface area (Å²) < 4.78 is 0. The molecule has 1 aromatic carbocycles. The average molecular weight is 319 g/mol. The summed E-state index contributed by atoms with van der Waals surface area (Å²) >= 11 is 0. The first kappa shape index (κ1) is 17.8. The Morgan fingerprint density at radius 2 is 1.91 bits per heavy atom. The van der Waals surface area contributed by atoms with Crippen LogP contribution in [-0.4, -0.2) is 48.8 Å². The molecule has 2 amide bonds. The smallest absolute Gasteiger partial charge is 0.315 e. The van der Waals surface area contributed by atoms with Crippen LogP contribution in [0.5, 0.6) is 0 Å². The summed E-state index contributed by atoms with van der Waals surface area (Å²) in [6, 6.07) is 9.73. The molecule has 1 fully saturated rings. The Morgan fingerprint density at radius 3 is 2.61 bits per heavy atom. The number of hydrogen-bond acceptors (Lipinski definition) is 3. The van der Waals surface area contributed by atoms with Crippen molar-refractivity contribution in [3.63, 3.8) is 0 Å². The van der Waals surface area contributed by atoms with Gasteiger partial charge in [0, 0.05) is 19.7 Å². The number of benzene rings is 1. The molecule has 0 saturated carbocycles. The lowest BCUT2D eigenvalue weighted by molar-refractivity contribution is 0.217. The van der Waals surface area contributed by atoms with E-state index in [1.807, 2.05) is 30.3 Å². The molecule has 23 heavy (non-hydrogen) atoms. The molecule has 128 valence electrons. The summed E-state index contributed by atoms with van der Waals surface area (Å²) in [6.45, 7) is 4.02. The molecule has 2 rings (SSSR count). The fourth-order valence-corrected chi connectivity index (χ4v) is 3.02. The highest BCUT2D eigenvalue weighted by Crippen LogP contribution is 2.17. The Hall–Kier alpha value is -1.59. The van der Waals surface area contributed by atoms with Crippen LogP contribution in [-0.2, 0) is 0 Å². The molecule has 0 radical (unpaired) electrons. The minimum Gasteiger partial charge on any atom is -0.396 e. The number of likely N-dealkylation sites (tertiary alicyclic amines) is 1. The van der Waals surface area contributed by atoms with Gasteiger partial charge in [0.15, 0.2) is 0 Å². The molecule has 1 aliphatic rings. The van der Waals surface area contributed by atoms with Crippen molar-refractivity contribution in [3.05, 3.63) is 35.9 Å². The van der Waals surface area contributed by atoms with Gasteiger partial charge in [-0.2, -0.15) is 0 Å². The second kappa shape index (κ2) is 10.2. The van der Waals surface area contributed by atoms with E-state index in [2.05, 4.69) is 15.5 Å². The first-order valence-corrected chi connectivity index (χ1v) is 8.72. The monoisotopic (exact) mass is 319 g/mol. The fourth-order valence-electron chi connectivity index (χ4n) is 3.02. The van der Waals surface area contributed by atoms with Gasteiger partial charge in [0.25, 0.3) is 0 Å². The van der Waals surface area contributed by atoms with Gasteiger partial charge in [-0.3, -0.25) is 0 Å². The summed E-state index contributed by atoms with van der Waals surface area (Å²) in [5.41, 5.74) is 1.08. The van der Waals surface area contributed by atoms with Crippen LogP contribution in [0.3, 0.4) is 0 Å². The van der Waals surface area contributed by atoms with E-state index in [1.54, 1.807) is 0 Å². The van der Waals surface area contributed by atoms with Crippen LogP contribution in [0.25, 0.3) is 0 Å². The summed E-state index contributed by atoms with van der Waals surface area (Å²) in [4.78, 5) is 14.5. The van der Waals surface area contributed by atoms with E-state index in [0.717, 1.165) is 31.6 Å². The maximum absolute atomic E-state index is 12.1. The highest BCUT2D eigenvalue weighted by molar-refractivity contribution is 5.74. The minimum absolute atomic E-state index is 0.0571. The van der Waals surface area contributed by atoms with Crippen molar-refractivity contribution < 1.29 is 9.90 Å². The van der Waals surface area contributed by atoms with Gasteiger partial charge >= 0.3 is 6.03 Å². The number of carbonyl (C=O) groups excluding carboxylic acids is 1. The third-order valence-corrected chi connectivity index (χ3v) is 4.32. The van der Waals surface area contributed by atoms with Crippen LogP contribution in [0.2, 0.25) is 0 Å². The van der Waals surface area contributed by atoms with Crippen molar-refractivity contribution in [2.75, 3.05) is 32.8 Å². The Kier molecular flexibility index (Phi) is 7.90. The number of nitrogens with zero attached hydrogens (tertiary/aromatic N) is 1. The molecule has 1 atom stereocenters. The lowest BCUT2D eigenvalue weighted by atomic mass is 10.0. The molecule has 1 aliphatic heterocycles. The molecule has 0 bridgehead atoms. The Bertz CT molecular complexity index is 447. The van der Waals surface area contributed by atoms with E-state index < -0.39 is 0 Å². The number of rotatable bonds is 8. The van der Waals surface area contributed by atoms with Crippen molar-refractivity contribution >= 4 is 6.03 Å². The summed E-state index contributed by atoms with van der Waals surface area (Å²) in [7, 11) is 0. The van der Waals surface area contributed by atoms with Gasteiger partial charge in [-0.05, 0) is 44.3 Å². The first-order chi connectivity index (χ1) is 11.3. The average Bonchev–Trinajstić information content (AvgIpc) is 2.60. The van der Waals surface area contributed by atoms with Gasteiger partial charge in [-0.15, -0.1) is 0 Å². The lowest BCUT2D eigenvalue weighted by Crippen LogP contribution is -2.42. The first-order valence-electron chi connectivity index (χ1n) is 8.72. The van der Waals surface area contributed by atoms with Gasteiger partial charge in [0.2, 0.25) is 0 Å². The van der Waals surface area contributed by atoms with Crippen molar-refractivity contribution in [1.29, 1.82) is 0 Å². The molecular formula is C18H29N3O2. The normalized spacial score (nSPS) is 16.7. The zero-order valence-corrected chi connectivity index (χ0v) is 13.8. The topological polar surface area (TPSA) is 64.6 Å². The SMILES string of the molecule is O=C(NCCN1CCCCC1)NC(CCCO)c1ccccc1. The second-order valence-corrected chi connectivity index (χ2v) is 6.13. The van der Waals surface area contributed by atoms with E-state index in [9.17, 15) is 4.79 Å². The zero-order chi connectivity index (χ0) is 16.3. The molecule has 5 heteroatoms. The van der Waals surface area contributed by atoms with Crippen LogP contribution in [0.4, 0.5) is 4.79 Å². The van der Waals surface area contributed by atoms with Crippen molar-refractivity contribution in [1.82, 2.24) is 15.5 Å². The van der Waals surface area contributed by atoms with Crippen LogP contribution in [0.1, 0.15) is 43.7 Å². The molecule has 0 spiro atoms. The van der Waals surface area contributed by atoms with E-state index in [0.29, 0.717) is 13.0 Å². The molecule has 1 aromatic rings. The largest absolute Gasteiger partial charge is 0.396 e. The minimum atomic E-state index is -0.131. The van der Waals surface area contributed by atoms with Crippen molar-refractivity contribution in [2.45, 2.75) is 38.1 Å². The highest BCUT2D eigenvalue weighted by Gasteiger charge is 2.14. The Morgan fingerprint density at radius 1 is 1.17 bits per heavy atom. The van der Waals surface area contributed by atoms with Gasteiger partial charge in [0.1, 0.15) is 0 Å². The quantitative estimate of drug-likeness (QED) is 0.689. The molecular weight excluding hydrogens is 290 g/mol. The highest BCUT2D eigenvalue weighted by atomic mass is 16.3. The predicted molar refractivity (Wildman–Crippen MR) is 92.3 cm³/mol. The number of aliphatic hydroxyl groups is 1. The standard InChI is InChI=1S/C18H29N3O2/c22-15-7-10-17(16-8-3-1-4-9-16)20-18(23)19-11-14-21-12-5-2-6-13-21/h1,3-4,8-9,17,22H,2,5-7,10-15H2,(H2,19,20,23). The third kappa shape index (κ3) is 6.59. The van der Waals surface area contributed by atoms with E-state index >= 15 is 0 Å². The molecule has 1 unspecified atom stereocenters. The van der Waals surface area contributed by atoms with Gasteiger partial charge < -0.3 is 20.6 Å². The fraction of sp³-hybridized carbons (Fsp3) is 0.611. The number of urea groups is 1. The second-order valence-electron chi connectivity index (χ2n) is 6.13. The number of nitrogens with one attached hydrogen (secondary N) is 2. The Balaban J connectivity index is 1.75. The third-order valence-electron chi connectivity index (χ3n) is 4.32. The van der Waals surface area contributed by atoms with Gasteiger partial charge in [-0.1, -0.05) is 36.8 Å². The van der Waals surface area contributed by atoms with Crippen LogP contribution in [0, 0.1) is 0 Å². The maximum atomic E-state index is 12.1. The zero-order valence-electron chi connectivity index (χ0n) is 13.8. The number of hydrogen-bond donors (Lipinski definition) is 3. The molecule has 0 aliphatic carbocycles. The van der Waals surface area contributed by atoms with Crippen LogP contribution in [0.15, 0.2) is 30.3 Å². The number of carbonyl (C=O) groups is 1.